The second-order valence-corrected chi connectivity index (χ2v) is 5.54. The molecule has 0 heterocycles. The molecule has 138 valence electrons. The molecule has 0 bridgehead atoms. The van der Waals surface area contributed by atoms with Gasteiger partial charge in [0.1, 0.15) is 5.75 Å². The quantitative estimate of drug-likeness (QED) is 0.494. The van der Waals surface area contributed by atoms with Gasteiger partial charge in [-0.2, -0.15) is 0 Å². The Hall–Kier alpha value is -2.61. The van der Waals surface area contributed by atoms with Gasteiger partial charge in [-0.15, -0.1) is 0 Å². The third-order valence-electron chi connectivity index (χ3n) is 3.48. The van der Waals surface area contributed by atoms with Crippen LogP contribution in [0.1, 0.15) is 20.3 Å². The highest BCUT2D eigenvalue weighted by Crippen LogP contribution is 2.14. The lowest BCUT2D eigenvalue weighted by Gasteiger charge is -2.16. The van der Waals surface area contributed by atoms with Gasteiger partial charge in [0.05, 0.1) is 13.7 Å². The summed E-state index contributed by atoms with van der Waals surface area (Å²) in [6.45, 7) is 5.07. The maximum atomic E-state index is 12.1. The number of likely N-dealkylation sites (N-methyl/N-ethyl adjacent to an activating group) is 1. The zero-order valence-electron chi connectivity index (χ0n) is 15.0. The van der Waals surface area contributed by atoms with Crippen molar-refractivity contribution in [3.8, 4) is 5.75 Å². The van der Waals surface area contributed by atoms with E-state index in [9.17, 15) is 14.4 Å². The molecule has 1 aromatic carbocycles. The Labute approximate surface area is 147 Å². The molecule has 0 radical (unpaired) electrons. The topological polar surface area (TPSA) is 101 Å². The van der Waals surface area contributed by atoms with Crippen molar-refractivity contribution in [3.63, 3.8) is 0 Å². The standard InChI is InChI=1S/C17H26N4O4/c1-4-10-18-17(24)20-16(23)12-21(5-2)11-15(22)19-13-6-8-14(25-3)9-7-13/h6-9H,4-5,10-12H2,1-3H3,(H,19,22)(H2,18,20,23,24)/p+1. The summed E-state index contributed by atoms with van der Waals surface area (Å²) in [5, 5.41) is 7.60. The first-order chi connectivity index (χ1) is 12.0. The van der Waals surface area contributed by atoms with Crippen molar-refractivity contribution in [1.82, 2.24) is 10.6 Å². The summed E-state index contributed by atoms with van der Waals surface area (Å²) in [4.78, 5) is 36.2. The molecule has 0 spiro atoms. The monoisotopic (exact) mass is 351 g/mol. The molecule has 0 fully saturated rings. The molecule has 0 aliphatic rings. The summed E-state index contributed by atoms with van der Waals surface area (Å²) in [6, 6.07) is 6.48. The summed E-state index contributed by atoms with van der Waals surface area (Å²) in [6.07, 6.45) is 0.791. The molecule has 1 unspecified atom stereocenters. The molecule has 25 heavy (non-hydrogen) atoms. The molecule has 0 aliphatic carbocycles. The van der Waals surface area contributed by atoms with Crippen LogP contribution in [0.15, 0.2) is 24.3 Å². The number of urea groups is 1. The Morgan fingerprint density at radius 2 is 1.68 bits per heavy atom. The summed E-state index contributed by atoms with van der Waals surface area (Å²) in [5.41, 5.74) is 0.657. The SMILES string of the molecule is CCCNC(=O)NC(=O)C[NH+](CC)CC(=O)Nc1ccc(OC)cc1. The van der Waals surface area contributed by atoms with E-state index in [2.05, 4.69) is 16.0 Å². The van der Waals surface area contributed by atoms with E-state index in [1.807, 2.05) is 13.8 Å². The van der Waals surface area contributed by atoms with Crippen LogP contribution in [0.2, 0.25) is 0 Å². The molecule has 1 aromatic rings. The second-order valence-electron chi connectivity index (χ2n) is 5.54. The van der Waals surface area contributed by atoms with Crippen LogP contribution in [0.25, 0.3) is 0 Å². The van der Waals surface area contributed by atoms with E-state index in [0.29, 0.717) is 24.5 Å². The fourth-order valence-electron chi connectivity index (χ4n) is 2.10. The number of carbonyl (C=O) groups is 3. The number of rotatable bonds is 9. The first-order valence-corrected chi connectivity index (χ1v) is 8.33. The van der Waals surface area contributed by atoms with Gasteiger partial charge in [-0.3, -0.25) is 14.9 Å². The first-order valence-electron chi connectivity index (χ1n) is 8.33. The summed E-state index contributed by atoms with van der Waals surface area (Å²) in [7, 11) is 1.57. The van der Waals surface area contributed by atoms with E-state index in [1.54, 1.807) is 31.4 Å². The molecular formula is C17H27N4O4+. The zero-order chi connectivity index (χ0) is 18.7. The van der Waals surface area contributed by atoms with Gasteiger partial charge in [0.25, 0.3) is 11.8 Å². The van der Waals surface area contributed by atoms with Crippen LogP contribution in [0.3, 0.4) is 0 Å². The van der Waals surface area contributed by atoms with Gasteiger partial charge in [0, 0.05) is 12.2 Å². The van der Waals surface area contributed by atoms with Crippen molar-refractivity contribution in [2.45, 2.75) is 20.3 Å². The average Bonchev–Trinajstić information content (AvgIpc) is 2.59. The molecule has 0 aliphatic heterocycles. The predicted octanol–water partition coefficient (Wildman–Crippen LogP) is -0.226. The number of imide groups is 1. The van der Waals surface area contributed by atoms with Crippen LogP contribution in [0, 0.1) is 0 Å². The van der Waals surface area contributed by atoms with E-state index < -0.39 is 11.9 Å². The number of hydrogen-bond acceptors (Lipinski definition) is 4. The van der Waals surface area contributed by atoms with Gasteiger partial charge >= 0.3 is 6.03 Å². The Morgan fingerprint density at radius 1 is 1.04 bits per heavy atom. The first kappa shape index (κ1) is 20.4. The predicted molar refractivity (Wildman–Crippen MR) is 94.7 cm³/mol. The van der Waals surface area contributed by atoms with E-state index in [0.717, 1.165) is 11.3 Å². The lowest BCUT2D eigenvalue weighted by molar-refractivity contribution is -0.881. The number of amides is 4. The van der Waals surface area contributed by atoms with Crippen molar-refractivity contribution >= 4 is 23.5 Å². The van der Waals surface area contributed by atoms with Crippen molar-refractivity contribution in [1.29, 1.82) is 0 Å². The van der Waals surface area contributed by atoms with Crippen LogP contribution in [-0.2, 0) is 9.59 Å². The Morgan fingerprint density at radius 3 is 2.24 bits per heavy atom. The van der Waals surface area contributed by atoms with Crippen LogP contribution in [-0.4, -0.2) is 51.1 Å². The fourth-order valence-corrected chi connectivity index (χ4v) is 2.10. The maximum absolute atomic E-state index is 12.1. The smallest absolute Gasteiger partial charge is 0.321 e. The van der Waals surface area contributed by atoms with Gasteiger partial charge < -0.3 is 20.3 Å². The lowest BCUT2D eigenvalue weighted by atomic mass is 10.3. The summed E-state index contributed by atoms with van der Waals surface area (Å²) < 4.78 is 5.06. The van der Waals surface area contributed by atoms with Crippen molar-refractivity contribution < 1.29 is 24.0 Å². The summed E-state index contributed by atoms with van der Waals surface area (Å²) >= 11 is 0. The molecule has 0 aromatic heterocycles. The van der Waals surface area contributed by atoms with Gasteiger partial charge in [-0.05, 0) is 37.6 Å². The number of quaternary nitrogens is 1. The molecule has 0 saturated carbocycles. The number of benzene rings is 1. The van der Waals surface area contributed by atoms with E-state index in [4.69, 9.17) is 4.74 Å². The van der Waals surface area contributed by atoms with E-state index in [1.165, 1.54) is 0 Å². The highest BCUT2D eigenvalue weighted by Gasteiger charge is 2.18. The lowest BCUT2D eigenvalue weighted by Crippen LogP contribution is -3.14. The summed E-state index contributed by atoms with van der Waals surface area (Å²) in [5.74, 6) is 0.0878. The van der Waals surface area contributed by atoms with Crippen molar-refractivity contribution in [2.75, 3.05) is 38.6 Å². The number of anilines is 1. The molecule has 4 amide bonds. The largest absolute Gasteiger partial charge is 0.497 e. The highest BCUT2D eigenvalue weighted by atomic mass is 16.5. The minimum atomic E-state index is -0.509. The molecule has 1 rings (SSSR count). The Kier molecular flexibility index (Phi) is 9.02. The molecule has 8 nitrogen and oxygen atoms in total. The van der Waals surface area contributed by atoms with Crippen LogP contribution >= 0.6 is 0 Å². The van der Waals surface area contributed by atoms with Gasteiger partial charge in [0.15, 0.2) is 13.1 Å². The maximum Gasteiger partial charge on any atom is 0.321 e. The van der Waals surface area contributed by atoms with E-state index in [-0.39, 0.29) is 19.0 Å². The number of methoxy groups -OCH3 is 1. The molecule has 0 saturated heterocycles. The molecule has 1 atom stereocenters. The van der Waals surface area contributed by atoms with Gasteiger partial charge in [-0.1, -0.05) is 6.92 Å². The molecule has 4 N–H and O–H groups in total. The minimum absolute atomic E-state index is 0.0477. The Bertz CT molecular complexity index is 575. The third kappa shape index (κ3) is 8.16. The fraction of sp³-hybridized carbons (Fsp3) is 0.471. The molecule has 8 heteroatoms. The van der Waals surface area contributed by atoms with E-state index >= 15 is 0 Å². The second kappa shape index (κ2) is 11.0. The minimum Gasteiger partial charge on any atom is -0.497 e. The van der Waals surface area contributed by atoms with Crippen LogP contribution < -0.4 is 25.6 Å². The van der Waals surface area contributed by atoms with Crippen LogP contribution in [0.5, 0.6) is 5.75 Å². The average molecular weight is 351 g/mol. The normalized spacial score (nSPS) is 11.3. The highest BCUT2D eigenvalue weighted by molar-refractivity contribution is 5.95. The van der Waals surface area contributed by atoms with Crippen molar-refractivity contribution in [3.05, 3.63) is 24.3 Å². The number of ether oxygens (including phenoxy) is 1. The Balaban J connectivity index is 2.44. The number of hydrogen-bond donors (Lipinski definition) is 4. The molecular weight excluding hydrogens is 324 g/mol. The van der Waals surface area contributed by atoms with Gasteiger partial charge in [0.2, 0.25) is 0 Å². The number of carbonyl (C=O) groups excluding carboxylic acids is 3. The van der Waals surface area contributed by atoms with Crippen molar-refractivity contribution in [2.24, 2.45) is 0 Å². The van der Waals surface area contributed by atoms with Crippen LogP contribution in [0.4, 0.5) is 10.5 Å². The number of nitrogens with one attached hydrogen (secondary N) is 4. The zero-order valence-corrected chi connectivity index (χ0v) is 15.0. The third-order valence-corrected chi connectivity index (χ3v) is 3.48. The van der Waals surface area contributed by atoms with Gasteiger partial charge in [-0.25, -0.2) is 4.79 Å².